The molecule has 6 N–H and O–H groups in total. The molecule has 2 aromatic heterocycles. The van der Waals surface area contributed by atoms with Crippen molar-refractivity contribution < 1.29 is 0 Å². The van der Waals surface area contributed by atoms with Crippen molar-refractivity contribution in [3.8, 4) is 0 Å². The van der Waals surface area contributed by atoms with Gasteiger partial charge in [-0.1, -0.05) is 0 Å². The van der Waals surface area contributed by atoms with Crippen molar-refractivity contribution in [1.29, 1.82) is 0 Å². The van der Waals surface area contributed by atoms with Gasteiger partial charge in [0.05, 0.1) is 6.54 Å². The van der Waals surface area contributed by atoms with E-state index in [1.54, 1.807) is 17.4 Å². The summed E-state index contributed by atoms with van der Waals surface area (Å²) in [6.07, 6.45) is 0. The fourth-order valence-corrected chi connectivity index (χ4v) is 2.65. The Morgan fingerprint density at radius 2 is 2.06 bits per heavy atom. The summed E-state index contributed by atoms with van der Waals surface area (Å²) < 4.78 is 1.07. The van der Waals surface area contributed by atoms with Gasteiger partial charge in [-0.05, 0) is 22.0 Å². The van der Waals surface area contributed by atoms with Crippen molar-refractivity contribution in [3.63, 3.8) is 0 Å². The highest BCUT2D eigenvalue weighted by atomic mass is 79.9. The van der Waals surface area contributed by atoms with Gasteiger partial charge in [-0.25, -0.2) is 5.84 Å². The molecule has 6 nitrogen and oxygen atoms in total. The van der Waals surface area contributed by atoms with Crippen molar-refractivity contribution >= 4 is 44.9 Å². The van der Waals surface area contributed by atoms with Gasteiger partial charge in [0.2, 0.25) is 5.95 Å². The Balaban J connectivity index is 2.05. The Morgan fingerprint density at radius 1 is 1.29 bits per heavy atom. The van der Waals surface area contributed by atoms with Crippen molar-refractivity contribution in [3.05, 3.63) is 26.9 Å². The number of hydrogen-bond donors (Lipinski definition) is 4. The predicted molar refractivity (Wildman–Crippen MR) is 73.6 cm³/mol. The van der Waals surface area contributed by atoms with Gasteiger partial charge >= 0.3 is 0 Å². The molecule has 0 aliphatic heterocycles. The van der Waals surface area contributed by atoms with Crippen molar-refractivity contribution in [2.45, 2.75) is 6.54 Å². The van der Waals surface area contributed by atoms with E-state index in [0.717, 1.165) is 4.47 Å². The average Bonchev–Trinajstić information content (AvgIpc) is 2.72. The molecule has 8 heteroatoms. The maximum Gasteiger partial charge on any atom is 0.223 e. The monoisotopic (exact) mass is 314 g/mol. The van der Waals surface area contributed by atoms with Gasteiger partial charge in [0.1, 0.15) is 11.6 Å². The summed E-state index contributed by atoms with van der Waals surface area (Å²) in [6, 6.07) is 3.74. The molecule has 2 heterocycles. The number of aromatic nitrogens is 2. The van der Waals surface area contributed by atoms with Crippen LogP contribution in [-0.2, 0) is 6.54 Å². The topological polar surface area (TPSA) is 102 Å². The van der Waals surface area contributed by atoms with Crippen LogP contribution >= 0.6 is 27.3 Å². The van der Waals surface area contributed by atoms with E-state index >= 15 is 0 Å². The largest absolute Gasteiger partial charge is 0.368 e. The molecule has 0 aliphatic carbocycles. The first-order chi connectivity index (χ1) is 8.17. The Kier molecular flexibility index (Phi) is 3.77. The highest BCUT2D eigenvalue weighted by Crippen LogP contribution is 2.21. The molecule has 0 unspecified atom stereocenters. The summed E-state index contributed by atoms with van der Waals surface area (Å²) in [4.78, 5) is 9.14. The van der Waals surface area contributed by atoms with Gasteiger partial charge < -0.3 is 16.5 Å². The summed E-state index contributed by atoms with van der Waals surface area (Å²) in [5.74, 6) is 6.56. The minimum Gasteiger partial charge on any atom is -0.368 e. The van der Waals surface area contributed by atoms with Gasteiger partial charge in [-0.15, -0.1) is 11.3 Å². The third kappa shape index (κ3) is 3.29. The van der Waals surface area contributed by atoms with Crippen LogP contribution in [-0.4, -0.2) is 9.97 Å². The smallest absolute Gasteiger partial charge is 0.223 e. The third-order valence-electron chi connectivity index (χ3n) is 1.96. The zero-order valence-corrected chi connectivity index (χ0v) is 11.2. The molecule has 0 saturated carbocycles. The van der Waals surface area contributed by atoms with E-state index in [2.05, 4.69) is 36.6 Å². The van der Waals surface area contributed by atoms with Crippen LogP contribution in [0.4, 0.5) is 17.6 Å². The zero-order chi connectivity index (χ0) is 12.3. The van der Waals surface area contributed by atoms with Crippen LogP contribution in [0.3, 0.4) is 0 Å². The molecule has 0 aromatic carbocycles. The van der Waals surface area contributed by atoms with Crippen LogP contribution in [0.2, 0.25) is 0 Å². The number of nitrogens with two attached hydrogens (primary N) is 2. The number of anilines is 3. The maximum atomic E-state index is 5.55. The Hall–Kier alpha value is -1.38. The lowest BCUT2D eigenvalue weighted by molar-refractivity contribution is 1.10. The fraction of sp³-hybridized carbons (Fsp3) is 0.111. The number of nitrogens with one attached hydrogen (secondary N) is 2. The standard InChI is InChI=1S/C9H11BrN6S/c10-5-1-6(17-4-5)3-13-7-2-8(16-12)15-9(11)14-7/h1-2,4H,3,12H2,(H4,11,13,14,15,16). The van der Waals surface area contributed by atoms with Gasteiger partial charge in [-0.2, -0.15) is 9.97 Å². The molecule has 0 saturated heterocycles. The number of thiophene rings is 1. The summed E-state index contributed by atoms with van der Waals surface area (Å²) in [7, 11) is 0. The quantitative estimate of drug-likeness (QED) is 0.507. The summed E-state index contributed by atoms with van der Waals surface area (Å²) in [6.45, 7) is 0.677. The second kappa shape index (κ2) is 5.30. The highest BCUT2D eigenvalue weighted by molar-refractivity contribution is 9.10. The second-order valence-corrected chi connectivity index (χ2v) is 5.14. The minimum atomic E-state index is 0.176. The van der Waals surface area contributed by atoms with Crippen LogP contribution < -0.4 is 22.3 Å². The van der Waals surface area contributed by atoms with E-state index in [0.29, 0.717) is 18.2 Å². The predicted octanol–water partition coefficient (Wildman–Crippen LogP) is 1.78. The second-order valence-electron chi connectivity index (χ2n) is 3.23. The summed E-state index contributed by atoms with van der Waals surface area (Å²) in [5, 5.41) is 5.18. The van der Waals surface area contributed by atoms with Crippen LogP contribution in [0.1, 0.15) is 4.88 Å². The number of halogens is 1. The van der Waals surface area contributed by atoms with Gasteiger partial charge in [0.15, 0.2) is 0 Å². The molecule has 2 aromatic rings. The van der Waals surface area contributed by atoms with Crippen molar-refractivity contribution in [1.82, 2.24) is 9.97 Å². The van der Waals surface area contributed by atoms with Gasteiger partial charge in [-0.3, -0.25) is 0 Å². The van der Waals surface area contributed by atoms with Crippen LogP contribution in [0.15, 0.2) is 22.0 Å². The summed E-state index contributed by atoms with van der Waals surface area (Å²) >= 11 is 5.06. The van der Waals surface area contributed by atoms with E-state index < -0.39 is 0 Å². The van der Waals surface area contributed by atoms with E-state index in [4.69, 9.17) is 11.6 Å². The molecule has 0 spiro atoms. The molecule has 90 valence electrons. The molecule has 0 atom stereocenters. The maximum absolute atomic E-state index is 5.55. The SMILES string of the molecule is NNc1cc(NCc2cc(Br)cs2)nc(N)n1. The lowest BCUT2D eigenvalue weighted by Gasteiger charge is -2.06. The lowest BCUT2D eigenvalue weighted by Crippen LogP contribution is -2.11. The van der Waals surface area contributed by atoms with Gasteiger partial charge in [0.25, 0.3) is 0 Å². The van der Waals surface area contributed by atoms with Crippen LogP contribution in [0, 0.1) is 0 Å². The average molecular weight is 315 g/mol. The van der Waals surface area contributed by atoms with Crippen LogP contribution in [0.25, 0.3) is 0 Å². The Morgan fingerprint density at radius 3 is 2.71 bits per heavy atom. The number of nitrogen functional groups attached to an aromatic ring is 2. The van der Waals surface area contributed by atoms with E-state index in [1.165, 1.54) is 4.88 Å². The molecule has 0 bridgehead atoms. The number of hydrazine groups is 1. The fourth-order valence-electron chi connectivity index (χ4n) is 1.25. The normalized spacial score (nSPS) is 10.2. The molecule has 0 fully saturated rings. The van der Waals surface area contributed by atoms with E-state index in [9.17, 15) is 0 Å². The van der Waals surface area contributed by atoms with Crippen molar-refractivity contribution in [2.24, 2.45) is 5.84 Å². The number of hydrogen-bond acceptors (Lipinski definition) is 7. The molecule has 0 aliphatic rings. The van der Waals surface area contributed by atoms with E-state index in [1.807, 2.05) is 11.4 Å². The molecule has 0 amide bonds. The highest BCUT2D eigenvalue weighted by Gasteiger charge is 2.02. The van der Waals surface area contributed by atoms with E-state index in [-0.39, 0.29) is 5.95 Å². The first-order valence-electron chi connectivity index (χ1n) is 4.75. The summed E-state index contributed by atoms with van der Waals surface area (Å²) in [5.41, 5.74) is 7.98. The molecule has 2 rings (SSSR count). The first kappa shape index (κ1) is 12.1. The molecular formula is C9H11BrN6S. The Bertz CT molecular complexity index is 514. The molecular weight excluding hydrogens is 304 g/mol. The number of rotatable bonds is 4. The zero-order valence-electron chi connectivity index (χ0n) is 8.77. The third-order valence-corrected chi connectivity index (χ3v) is 3.65. The lowest BCUT2D eigenvalue weighted by atomic mass is 10.4. The van der Waals surface area contributed by atoms with Crippen LogP contribution in [0.5, 0.6) is 0 Å². The van der Waals surface area contributed by atoms with Gasteiger partial charge in [0, 0.05) is 20.8 Å². The Labute approximate surface area is 111 Å². The first-order valence-corrected chi connectivity index (χ1v) is 6.42. The minimum absolute atomic E-state index is 0.176. The molecule has 0 radical (unpaired) electrons. The molecule has 17 heavy (non-hydrogen) atoms. The number of nitrogens with zero attached hydrogens (tertiary/aromatic N) is 2. The van der Waals surface area contributed by atoms with Crippen molar-refractivity contribution in [2.75, 3.05) is 16.5 Å².